The topological polar surface area (TPSA) is 63.4 Å². The summed E-state index contributed by atoms with van der Waals surface area (Å²) in [5.41, 5.74) is 0. The third-order valence-corrected chi connectivity index (χ3v) is 4.10. The minimum Gasteiger partial charge on any atom is -0.381 e. The third kappa shape index (κ3) is 3.13. The summed E-state index contributed by atoms with van der Waals surface area (Å²) in [4.78, 5) is 6.86. The first-order chi connectivity index (χ1) is 9.33. The van der Waals surface area contributed by atoms with Crippen molar-refractivity contribution in [2.75, 3.05) is 39.9 Å². The number of hydrogen-bond donors (Lipinski definition) is 1. The van der Waals surface area contributed by atoms with Gasteiger partial charge in [0.25, 0.3) is 0 Å². The molecule has 2 fully saturated rings. The van der Waals surface area contributed by atoms with Crippen LogP contribution in [0.3, 0.4) is 0 Å². The molecule has 1 N–H and O–H groups in total. The van der Waals surface area contributed by atoms with Crippen LogP contribution in [-0.4, -0.2) is 54.9 Å². The van der Waals surface area contributed by atoms with E-state index in [-0.39, 0.29) is 6.04 Å². The Morgan fingerprint density at radius 3 is 3.00 bits per heavy atom. The van der Waals surface area contributed by atoms with E-state index in [1.807, 2.05) is 0 Å². The van der Waals surface area contributed by atoms with Crippen LogP contribution in [0.1, 0.15) is 30.6 Å². The van der Waals surface area contributed by atoms with Gasteiger partial charge in [-0.2, -0.15) is 4.98 Å². The van der Waals surface area contributed by atoms with Crippen LogP contribution in [-0.2, 0) is 11.2 Å². The second kappa shape index (κ2) is 5.98. The molecule has 106 valence electrons. The molecule has 0 amide bonds. The molecule has 0 bridgehead atoms. The second-order valence-electron chi connectivity index (χ2n) is 5.51. The number of likely N-dealkylation sites (N-methyl/N-ethyl adjacent to an activating group) is 1. The van der Waals surface area contributed by atoms with Crippen molar-refractivity contribution in [2.24, 2.45) is 5.92 Å². The molecule has 2 aliphatic heterocycles. The molecule has 3 heterocycles. The average Bonchev–Trinajstić information content (AvgIpc) is 2.89. The van der Waals surface area contributed by atoms with E-state index in [1.165, 1.54) is 0 Å². The number of nitrogens with zero attached hydrogens (tertiary/aromatic N) is 3. The Labute approximate surface area is 113 Å². The lowest BCUT2D eigenvalue weighted by molar-refractivity contribution is 0.0642. The Morgan fingerprint density at radius 2 is 2.21 bits per heavy atom. The van der Waals surface area contributed by atoms with E-state index in [9.17, 15) is 0 Å². The molecule has 1 atom stereocenters. The lowest BCUT2D eigenvalue weighted by atomic mass is 9.97. The fraction of sp³-hybridized carbons (Fsp3) is 0.846. The van der Waals surface area contributed by atoms with Crippen LogP contribution in [0, 0.1) is 5.92 Å². The van der Waals surface area contributed by atoms with Gasteiger partial charge >= 0.3 is 0 Å². The molecule has 1 aromatic heterocycles. The maximum Gasteiger partial charge on any atom is 0.226 e. The third-order valence-electron chi connectivity index (χ3n) is 4.10. The van der Waals surface area contributed by atoms with Crippen LogP contribution in [0.25, 0.3) is 0 Å². The lowest BCUT2D eigenvalue weighted by Gasteiger charge is -2.30. The first kappa shape index (κ1) is 13.0. The average molecular weight is 266 g/mol. The van der Waals surface area contributed by atoms with Crippen molar-refractivity contribution in [3.05, 3.63) is 11.7 Å². The minimum absolute atomic E-state index is 0.237. The number of nitrogens with one attached hydrogen (secondary N) is 1. The van der Waals surface area contributed by atoms with Crippen LogP contribution < -0.4 is 5.32 Å². The summed E-state index contributed by atoms with van der Waals surface area (Å²) < 4.78 is 10.8. The summed E-state index contributed by atoms with van der Waals surface area (Å²) in [6, 6.07) is 0.237. The highest BCUT2D eigenvalue weighted by molar-refractivity contribution is 4.98. The SMILES string of the molecule is CN1CCNCC1c1noc(CC2CCOCC2)n1. The standard InChI is InChI=1S/C13H22N4O2/c1-17-5-4-14-9-11(17)13-15-12(19-16-13)8-10-2-6-18-7-3-10/h10-11,14H,2-9H2,1H3. The Balaban J connectivity index is 1.61. The predicted molar refractivity (Wildman–Crippen MR) is 69.8 cm³/mol. The molecule has 6 nitrogen and oxygen atoms in total. The van der Waals surface area contributed by atoms with Gasteiger partial charge in [-0.25, -0.2) is 0 Å². The second-order valence-corrected chi connectivity index (χ2v) is 5.51. The van der Waals surface area contributed by atoms with Gasteiger partial charge in [-0.15, -0.1) is 0 Å². The number of ether oxygens (including phenoxy) is 1. The molecule has 2 saturated heterocycles. The summed E-state index contributed by atoms with van der Waals surface area (Å²) in [6.45, 7) is 4.67. The van der Waals surface area contributed by atoms with Crippen molar-refractivity contribution >= 4 is 0 Å². The number of hydrogen-bond acceptors (Lipinski definition) is 6. The normalized spacial score (nSPS) is 26.7. The van der Waals surface area contributed by atoms with Crippen molar-refractivity contribution in [1.82, 2.24) is 20.4 Å². The summed E-state index contributed by atoms with van der Waals surface area (Å²) in [7, 11) is 2.11. The Bertz CT molecular complexity index is 403. The highest BCUT2D eigenvalue weighted by Crippen LogP contribution is 2.22. The van der Waals surface area contributed by atoms with E-state index >= 15 is 0 Å². The van der Waals surface area contributed by atoms with Gasteiger partial charge in [-0.1, -0.05) is 5.16 Å². The molecule has 0 spiro atoms. The van der Waals surface area contributed by atoms with Gasteiger partial charge in [0.15, 0.2) is 5.82 Å². The lowest BCUT2D eigenvalue weighted by Crippen LogP contribution is -2.44. The molecule has 0 radical (unpaired) electrons. The molecular weight excluding hydrogens is 244 g/mol. The molecule has 0 saturated carbocycles. The van der Waals surface area contributed by atoms with Gasteiger partial charge in [-0.3, -0.25) is 4.90 Å². The monoisotopic (exact) mass is 266 g/mol. The number of rotatable bonds is 3. The van der Waals surface area contributed by atoms with E-state index in [2.05, 4.69) is 27.4 Å². The molecule has 1 unspecified atom stereocenters. The summed E-state index contributed by atoms with van der Waals surface area (Å²) in [6.07, 6.45) is 3.09. The first-order valence-electron chi connectivity index (χ1n) is 7.14. The van der Waals surface area contributed by atoms with Gasteiger partial charge < -0.3 is 14.6 Å². The van der Waals surface area contributed by atoms with Gasteiger partial charge in [0, 0.05) is 39.3 Å². The van der Waals surface area contributed by atoms with Crippen LogP contribution in [0.5, 0.6) is 0 Å². The predicted octanol–water partition coefficient (Wildman–Crippen LogP) is 0.615. The van der Waals surface area contributed by atoms with E-state index in [4.69, 9.17) is 9.26 Å². The number of piperazine rings is 1. The molecule has 3 rings (SSSR count). The van der Waals surface area contributed by atoms with E-state index in [1.54, 1.807) is 0 Å². The fourth-order valence-electron chi connectivity index (χ4n) is 2.78. The summed E-state index contributed by atoms with van der Waals surface area (Å²) >= 11 is 0. The summed E-state index contributed by atoms with van der Waals surface area (Å²) in [5, 5.41) is 7.53. The molecule has 0 aromatic carbocycles. The van der Waals surface area contributed by atoms with Crippen molar-refractivity contribution in [1.29, 1.82) is 0 Å². The van der Waals surface area contributed by atoms with E-state index in [0.717, 1.165) is 63.8 Å². The Kier molecular flexibility index (Phi) is 4.10. The molecule has 1 aromatic rings. The molecule has 19 heavy (non-hydrogen) atoms. The highest BCUT2D eigenvalue weighted by Gasteiger charge is 2.26. The van der Waals surface area contributed by atoms with Gasteiger partial charge in [0.2, 0.25) is 5.89 Å². The van der Waals surface area contributed by atoms with Crippen molar-refractivity contribution in [2.45, 2.75) is 25.3 Å². The van der Waals surface area contributed by atoms with Crippen LogP contribution in [0.15, 0.2) is 4.52 Å². The maximum absolute atomic E-state index is 5.41. The first-order valence-corrected chi connectivity index (χ1v) is 7.14. The largest absolute Gasteiger partial charge is 0.381 e. The zero-order valence-electron chi connectivity index (χ0n) is 11.5. The summed E-state index contributed by atoms with van der Waals surface area (Å²) in [5.74, 6) is 2.22. The molecule has 2 aliphatic rings. The zero-order chi connectivity index (χ0) is 13.1. The van der Waals surface area contributed by atoms with Crippen molar-refractivity contribution in [3.8, 4) is 0 Å². The zero-order valence-corrected chi connectivity index (χ0v) is 11.5. The van der Waals surface area contributed by atoms with Gasteiger partial charge in [0.05, 0.1) is 6.04 Å². The fourth-order valence-corrected chi connectivity index (χ4v) is 2.78. The highest BCUT2D eigenvalue weighted by atomic mass is 16.5. The van der Waals surface area contributed by atoms with Crippen LogP contribution >= 0.6 is 0 Å². The quantitative estimate of drug-likeness (QED) is 0.865. The molecular formula is C13H22N4O2. The van der Waals surface area contributed by atoms with Crippen LogP contribution in [0.4, 0.5) is 0 Å². The minimum atomic E-state index is 0.237. The van der Waals surface area contributed by atoms with E-state index < -0.39 is 0 Å². The van der Waals surface area contributed by atoms with E-state index in [0.29, 0.717) is 5.92 Å². The maximum atomic E-state index is 5.41. The van der Waals surface area contributed by atoms with Crippen molar-refractivity contribution in [3.63, 3.8) is 0 Å². The molecule has 0 aliphatic carbocycles. The Hall–Kier alpha value is -0.980. The Morgan fingerprint density at radius 1 is 1.37 bits per heavy atom. The van der Waals surface area contributed by atoms with Crippen molar-refractivity contribution < 1.29 is 9.26 Å². The number of aromatic nitrogens is 2. The van der Waals surface area contributed by atoms with Gasteiger partial charge in [-0.05, 0) is 25.8 Å². The van der Waals surface area contributed by atoms with Gasteiger partial charge in [0.1, 0.15) is 0 Å². The van der Waals surface area contributed by atoms with Crippen LogP contribution in [0.2, 0.25) is 0 Å². The smallest absolute Gasteiger partial charge is 0.226 e. The molecule has 6 heteroatoms.